The number of fused-ring (bicyclic) bond motifs is 4. The number of carbonyl (C=O) groups is 1. The Bertz CT molecular complexity index is 1040. The van der Waals surface area contributed by atoms with Crippen molar-refractivity contribution in [2.24, 2.45) is 11.8 Å². The minimum atomic E-state index is -0.483. The van der Waals surface area contributed by atoms with Crippen LogP contribution in [0.15, 0.2) is 18.5 Å². The van der Waals surface area contributed by atoms with Crippen molar-refractivity contribution in [1.29, 1.82) is 0 Å². The van der Waals surface area contributed by atoms with Gasteiger partial charge in [-0.2, -0.15) is 5.10 Å². The van der Waals surface area contributed by atoms with E-state index >= 15 is 0 Å². The molecule has 1 amide bonds. The quantitative estimate of drug-likeness (QED) is 0.292. The first kappa shape index (κ1) is 20.1. The molecule has 0 aliphatic heterocycles. The predicted molar refractivity (Wildman–Crippen MR) is 103 cm³/mol. The summed E-state index contributed by atoms with van der Waals surface area (Å²) in [5.41, 5.74) is 2.05. The van der Waals surface area contributed by atoms with Crippen LogP contribution >= 0.6 is 0 Å². The average Bonchev–Trinajstić information content (AvgIpc) is 3.19. The van der Waals surface area contributed by atoms with E-state index in [1.807, 2.05) is 0 Å². The van der Waals surface area contributed by atoms with Crippen LogP contribution in [0.3, 0.4) is 0 Å². The second-order valence-corrected chi connectivity index (χ2v) is 7.53. The maximum atomic E-state index is 14.3. The van der Waals surface area contributed by atoms with E-state index in [1.165, 1.54) is 37.2 Å². The van der Waals surface area contributed by atoms with Crippen LogP contribution in [0, 0.1) is 23.5 Å². The number of aromatic nitrogens is 5. The highest BCUT2D eigenvalue weighted by molar-refractivity contribution is 5.88. The Hall–Kier alpha value is -3.21. The fraction of sp³-hybridized carbons (Fsp3) is 0.421. The number of anilines is 1. The number of halogens is 2. The number of carbonyl (C=O) groups excluding carboxylic acids is 1. The lowest BCUT2D eigenvalue weighted by molar-refractivity contribution is -0.116. The van der Waals surface area contributed by atoms with E-state index in [0.717, 1.165) is 24.7 Å². The normalized spacial score (nSPS) is 22.3. The molecule has 3 saturated carbocycles. The lowest BCUT2D eigenvalue weighted by Crippen LogP contribution is -2.40. The zero-order valence-electron chi connectivity index (χ0n) is 16.0. The van der Waals surface area contributed by atoms with Crippen LogP contribution in [0.25, 0.3) is 22.6 Å². The Morgan fingerprint density at radius 2 is 1.93 bits per heavy atom. The molecule has 0 spiro atoms. The smallest absolute Gasteiger partial charge is 0.230 e. The summed E-state index contributed by atoms with van der Waals surface area (Å²) in [6.07, 6.45) is 8.43. The van der Waals surface area contributed by atoms with E-state index in [9.17, 15) is 8.78 Å². The van der Waals surface area contributed by atoms with Crippen LogP contribution in [0.1, 0.15) is 32.1 Å². The lowest BCUT2D eigenvalue weighted by Gasteiger charge is -2.42. The molecule has 6 rings (SSSR count). The van der Waals surface area contributed by atoms with E-state index in [2.05, 4.69) is 30.5 Å². The first-order valence-electron chi connectivity index (χ1n) is 9.71. The van der Waals surface area contributed by atoms with Crippen LogP contribution < -0.4 is 10.8 Å². The molecule has 3 heterocycles. The van der Waals surface area contributed by atoms with E-state index in [-0.39, 0.29) is 24.1 Å². The number of nitrogens with zero attached hydrogens (tertiary/aromatic N) is 4. The number of H-pyrrole nitrogens is 1. The molecule has 2 bridgehead atoms. The van der Waals surface area contributed by atoms with Gasteiger partial charge in [-0.25, -0.2) is 29.2 Å². The fourth-order valence-electron chi connectivity index (χ4n) is 4.36. The second-order valence-electron chi connectivity index (χ2n) is 7.53. The summed E-state index contributed by atoms with van der Waals surface area (Å²) in [7, 11) is 0. The van der Waals surface area contributed by atoms with Crippen LogP contribution in [-0.2, 0) is 4.79 Å². The SMILES string of the molecule is Fc1cnc2n[nH]c(-c3ncc(F)c(NC4CC5CCC4CC5)n3)c2c1.O=CNO. The zero-order valence-corrected chi connectivity index (χ0v) is 16.0. The first-order valence-corrected chi connectivity index (χ1v) is 9.71. The molecule has 0 saturated heterocycles. The number of hydroxylamine groups is 1. The van der Waals surface area contributed by atoms with Gasteiger partial charge in [-0.3, -0.25) is 15.1 Å². The monoisotopic (exact) mass is 417 g/mol. The molecular weight excluding hydrogens is 396 g/mol. The van der Waals surface area contributed by atoms with Gasteiger partial charge in [0, 0.05) is 6.04 Å². The summed E-state index contributed by atoms with van der Waals surface area (Å²) >= 11 is 0. The minimum absolute atomic E-state index is 0.181. The molecule has 3 fully saturated rings. The average molecular weight is 417 g/mol. The summed E-state index contributed by atoms with van der Waals surface area (Å²) in [5, 5.41) is 17.8. The number of rotatable bonds is 4. The first-order chi connectivity index (χ1) is 14.6. The molecule has 30 heavy (non-hydrogen) atoms. The third-order valence-electron chi connectivity index (χ3n) is 5.77. The maximum Gasteiger partial charge on any atom is 0.230 e. The number of aromatic amines is 1. The van der Waals surface area contributed by atoms with Gasteiger partial charge in [0.15, 0.2) is 23.1 Å². The molecule has 0 radical (unpaired) electrons. The number of hydrogen-bond donors (Lipinski definition) is 4. The van der Waals surface area contributed by atoms with Crippen LogP contribution in [-0.4, -0.2) is 42.8 Å². The van der Waals surface area contributed by atoms with Crippen molar-refractivity contribution in [2.75, 3.05) is 5.32 Å². The molecule has 3 aliphatic carbocycles. The van der Waals surface area contributed by atoms with Gasteiger partial charge in [-0.1, -0.05) is 12.8 Å². The highest BCUT2D eigenvalue weighted by Gasteiger charge is 2.36. The maximum absolute atomic E-state index is 14.3. The number of hydrogen-bond acceptors (Lipinski definition) is 7. The summed E-state index contributed by atoms with van der Waals surface area (Å²) in [6.45, 7) is 0. The molecule has 1 unspecified atom stereocenters. The second kappa shape index (κ2) is 8.66. The predicted octanol–water partition coefficient (Wildman–Crippen LogP) is 2.81. The van der Waals surface area contributed by atoms with E-state index in [0.29, 0.717) is 22.6 Å². The van der Waals surface area contributed by atoms with Crippen molar-refractivity contribution < 1.29 is 18.8 Å². The van der Waals surface area contributed by atoms with Crippen molar-refractivity contribution in [3.8, 4) is 11.5 Å². The highest BCUT2D eigenvalue weighted by Crippen LogP contribution is 2.42. The van der Waals surface area contributed by atoms with Crippen molar-refractivity contribution in [2.45, 2.75) is 38.1 Å². The van der Waals surface area contributed by atoms with Gasteiger partial charge >= 0.3 is 0 Å². The molecule has 4 N–H and O–H groups in total. The van der Waals surface area contributed by atoms with Crippen molar-refractivity contribution >= 4 is 23.3 Å². The Morgan fingerprint density at radius 3 is 2.60 bits per heavy atom. The Balaban J connectivity index is 0.000000503. The number of pyridine rings is 1. The van der Waals surface area contributed by atoms with Crippen molar-refractivity contribution in [1.82, 2.24) is 30.6 Å². The Morgan fingerprint density at radius 1 is 1.17 bits per heavy atom. The van der Waals surface area contributed by atoms with Crippen LogP contribution in [0.5, 0.6) is 0 Å². The topological polar surface area (TPSA) is 129 Å². The van der Waals surface area contributed by atoms with Gasteiger partial charge in [-0.15, -0.1) is 0 Å². The Labute approximate surface area is 170 Å². The van der Waals surface area contributed by atoms with E-state index in [4.69, 9.17) is 10.0 Å². The number of amides is 1. The van der Waals surface area contributed by atoms with Gasteiger partial charge in [0.05, 0.1) is 17.8 Å². The summed E-state index contributed by atoms with van der Waals surface area (Å²) in [6, 6.07) is 1.57. The number of nitrogens with one attached hydrogen (secondary N) is 3. The summed E-state index contributed by atoms with van der Waals surface area (Å²) in [5.74, 6) is 0.808. The van der Waals surface area contributed by atoms with Crippen LogP contribution in [0.4, 0.5) is 14.6 Å². The Kier molecular flexibility index (Phi) is 5.79. The summed E-state index contributed by atoms with van der Waals surface area (Å²) in [4.78, 5) is 21.1. The van der Waals surface area contributed by atoms with E-state index < -0.39 is 11.6 Å². The standard InChI is InChI=1S/C18H18F2N6.CH3NO2/c19-11-6-12-15(25-26-16(12)21-7-11)18-22-8-13(20)17(24-18)23-14-5-9-1-3-10(14)4-2-9;3-1-2-4/h6-10,14H,1-5H2,(H,21,25,26)(H,22,23,24);1,4H,(H,2,3). The van der Waals surface area contributed by atoms with Crippen molar-refractivity contribution in [3.63, 3.8) is 0 Å². The molecule has 1 atom stereocenters. The van der Waals surface area contributed by atoms with Gasteiger partial charge in [0.25, 0.3) is 0 Å². The fourth-order valence-corrected chi connectivity index (χ4v) is 4.36. The third kappa shape index (κ3) is 4.06. The van der Waals surface area contributed by atoms with Gasteiger partial charge < -0.3 is 5.32 Å². The summed E-state index contributed by atoms with van der Waals surface area (Å²) < 4.78 is 27.8. The molecule has 158 valence electrons. The van der Waals surface area contributed by atoms with Crippen LogP contribution in [0.2, 0.25) is 0 Å². The largest absolute Gasteiger partial charge is 0.364 e. The van der Waals surface area contributed by atoms with Crippen molar-refractivity contribution in [3.05, 3.63) is 30.1 Å². The molecular formula is C19H21F2N7O2. The highest BCUT2D eigenvalue weighted by atomic mass is 19.1. The molecule has 3 aromatic heterocycles. The van der Waals surface area contributed by atoms with E-state index in [1.54, 1.807) is 0 Å². The van der Waals surface area contributed by atoms with Gasteiger partial charge in [0.2, 0.25) is 6.41 Å². The molecule has 11 heteroatoms. The molecule has 9 nitrogen and oxygen atoms in total. The molecule has 3 aromatic rings. The zero-order chi connectivity index (χ0) is 21.1. The third-order valence-corrected chi connectivity index (χ3v) is 5.77. The minimum Gasteiger partial charge on any atom is -0.364 e. The lowest BCUT2D eigenvalue weighted by atomic mass is 9.68. The van der Waals surface area contributed by atoms with Gasteiger partial charge in [-0.05, 0) is 37.2 Å². The molecule has 0 aromatic carbocycles. The molecule has 3 aliphatic rings. The van der Waals surface area contributed by atoms with Gasteiger partial charge in [0.1, 0.15) is 11.5 Å².